The van der Waals surface area contributed by atoms with Gasteiger partial charge in [0.15, 0.2) is 0 Å². The molecule has 0 saturated heterocycles. The number of ether oxygens (including phenoxy) is 2. The van der Waals surface area contributed by atoms with Gasteiger partial charge in [0.1, 0.15) is 12.2 Å². The summed E-state index contributed by atoms with van der Waals surface area (Å²) < 4.78 is 33.2. The highest BCUT2D eigenvalue weighted by Crippen LogP contribution is 2.43. The predicted octanol–water partition coefficient (Wildman–Crippen LogP) is 9.69. The molecule has 0 amide bonds. The molecule has 0 spiro atoms. The first kappa shape index (κ1) is 46.7. The lowest BCUT2D eigenvalue weighted by Gasteiger charge is -2.20. The van der Waals surface area contributed by atoms with Crippen molar-refractivity contribution < 1.29 is 43.0 Å². The SMILES string of the molecule is CCC/C=C\C/C=C\CCCCCCCCOCC(COP(=O)(O)OCC(O)CO)OC(=O)CCCCCCC/C=C\CCCCCC. The summed E-state index contributed by atoms with van der Waals surface area (Å²) in [6, 6.07) is 0. The van der Waals surface area contributed by atoms with Gasteiger partial charge in [0.05, 0.1) is 26.4 Å². The molecule has 0 aromatic carbocycles. The Balaban J connectivity index is 4.27. The van der Waals surface area contributed by atoms with Crippen LogP contribution in [0.15, 0.2) is 36.5 Å². The van der Waals surface area contributed by atoms with Gasteiger partial charge in [-0.3, -0.25) is 13.8 Å². The van der Waals surface area contributed by atoms with E-state index in [-0.39, 0.29) is 19.6 Å². The molecule has 0 bridgehead atoms. The summed E-state index contributed by atoms with van der Waals surface area (Å²) in [7, 11) is -4.51. The molecule has 0 aromatic rings. The maximum absolute atomic E-state index is 12.5. The number of aliphatic hydroxyl groups is 2. The second kappa shape index (κ2) is 35.5. The average molecular weight is 703 g/mol. The van der Waals surface area contributed by atoms with Gasteiger partial charge in [0.2, 0.25) is 0 Å². The van der Waals surface area contributed by atoms with E-state index in [2.05, 4.69) is 50.3 Å². The summed E-state index contributed by atoms with van der Waals surface area (Å²) in [6.07, 6.45) is 35.2. The van der Waals surface area contributed by atoms with Crippen molar-refractivity contribution >= 4 is 13.8 Å². The fraction of sp³-hybridized carbons (Fsp3) is 0.816. The van der Waals surface area contributed by atoms with Gasteiger partial charge in [-0.2, -0.15) is 0 Å². The van der Waals surface area contributed by atoms with E-state index in [4.69, 9.17) is 23.6 Å². The van der Waals surface area contributed by atoms with E-state index in [1.165, 1.54) is 57.8 Å². The Hall–Kier alpha value is -1.32. The van der Waals surface area contributed by atoms with Crippen LogP contribution >= 0.6 is 7.82 Å². The van der Waals surface area contributed by atoms with Crippen LogP contribution in [0.2, 0.25) is 0 Å². The fourth-order valence-corrected chi connectivity index (χ4v) is 5.65. The highest BCUT2D eigenvalue weighted by molar-refractivity contribution is 7.47. The van der Waals surface area contributed by atoms with Crippen LogP contribution in [0.3, 0.4) is 0 Å². The first-order valence-corrected chi connectivity index (χ1v) is 20.5. The zero-order chi connectivity index (χ0) is 35.4. The number of aliphatic hydroxyl groups excluding tert-OH is 2. The van der Waals surface area contributed by atoms with Crippen molar-refractivity contribution in [3.05, 3.63) is 36.5 Å². The van der Waals surface area contributed by atoms with Crippen molar-refractivity contribution in [2.75, 3.05) is 33.0 Å². The van der Waals surface area contributed by atoms with E-state index in [9.17, 15) is 19.4 Å². The summed E-state index contributed by atoms with van der Waals surface area (Å²) in [5.41, 5.74) is 0. The standard InChI is InChI=1S/C38H71O9P/c1-3-5-7-9-11-13-15-17-19-21-23-25-27-29-31-44-34-37(35-46-48(42,43)45-33-36(40)32-39)47-38(41)30-28-26-24-22-20-18-16-14-12-10-8-6-4-2/h7,9,13-16,36-37,39-40H,3-6,8,10-12,17-35H2,1-2H3,(H,42,43)/b9-7-,15-13-,16-14-. The molecule has 9 nitrogen and oxygen atoms in total. The highest BCUT2D eigenvalue weighted by atomic mass is 31.2. The number of hydrogen-bond acceptors (Lipinski definition) is 8. The molecular weight excluding hydrogens is 631 g/mol. The van der Waals surface area contributed by atoms with Gasteiger partial charge in [0, 0.05) is 13.0 Å². The Morgan fingerprint density at radius 2 is 1.17 bits per heavy atom. The lowest BCUT2D eigenvalue weighted by molar-refractivity contribution is -0.154. The van der Waals surface area contributed by atoms with Crippen molar-refractivity contribution in [2.24, 2.45) is 0 Å². The number of phosphoric acid groups is 1. The number of carbonyl (C=O) groups excluding carboxylic acids is 1. The Morgan fingerprint density at radius 3 is 1.77 bits per heavy atom. The molecular formula is C38H71O9P. The molecule has 3 unspecified atom stereocenters. The normalized spacial score (nSPS) is 14.7. The van der Waals surface area contributed by atoms with Crippen LogP contribution in [-0.4, -0.2) is 66.3 Å². The van der Waals surface area contributed by atoms with Crippen molar-refractivity contribution in [2.45, 2.75) is 167 Å². The van der Waals surface area contributed by atoms with Crippen LogP contribution < -0.4 is 0 Å². The predicted molar refractivity (Wildman–Crippen MR) is 196 cm³/mol. The Bertz CT molecular complexity index is 846. The molecule has 0 aliphatic carbocycles. The van der Waals surface area contributed by atoms with Gasteiger partial charge in [-0.25, -0.2) is 4.57 Å². The van der Waals surface area contributed by atoms with Crippen LogP contribution in [0.4, 0.5) is 0 Å². The van der Waals surface area contributed by atoms with Crippen LogP contribution in [-0.2, 0) is 27.9 Å². The lowest BCUT2D eigenvalue weighted by atomic mass is 10.1. The largest absolute Gasteiger partial charge is 0.472 e. The molecule has 282 valence electrons. The molecule has 0 fully saturated rings. The molecule has 0 radical (unpaired) electrons. The average Bonchev–Trinajstić information content (AvgIpc) is 3.07. The second-order valence-electron chi connectivity index (χ2n) is 12.6. The van der Waals surface area contributed by atoms with E-state index < -0.39 is 39.2 Å². The van der Waals surface area contributed by atoms with E-state index in [1.54, 1.807) is 0 Å². The smallest absolute Gasteiger partial charge is 0.457 e. The van der Waals surface area contributed by atoms with Crippen molar-refractivity contribution in [3.63, 3.8) is 0 Å². The minimum atomic E-state index is -4.51. The summed E-state index contributed by atoms with van der Waals surface area (Å²) in [5.74, 6) is -0.398. The Morgan fingerprint density at radius 1 is 0.646 bits per heavy atom. The van der Waals surface area contributed by atoms with Crippen LogP contribution in [0, 0.1) is 0 Å². The van der Waals surface area contributed by atoms with Crippen molar-refractivity contribution in [1.29, 1.82) is 0 Å². The molecule has 0 aliphatic heterocycles. The van der Waals surface area contributed by atoms with Gasteiger partial charge < -0.3 is 24.6 Å². The number of phosphoric ester groups is 1. The molecule has 10 heteroatoms. The van der Waals surface area contributed by atoms with Crippen LogP contribution in [0.25, 0.3) is 0 Å². The van der Waals surface area contributed by atoms with Gasteiger partial charge in [-0.05, 0) is 64.2 Å². The van der Waals surface area contributed by atoms with Gasteiger partial charge in [-0.1, -0.05) is 121 Å². The maximum atomic E-state index is 12.5. The topological polar surface area (TPSA) is 132 Å². The molecule has 3 N–H and O–H groups in total. The quantitative estimate of drug-likeness (QED) is 0.0253. The third kappa shape index (κ3) is 34.5. The van der Waals surface area contributed by atoms with E-state index in [0.29, 0.717) is 13.0 Å². The highest BCUT2D eigenvalue weighted by Gasteiger charge is 2.26. The molecule has 3 atom stereocenters. The molecule has 0 rings (SSSR count). The van der Waals surface area contributed by atoms with Crippen molar-refractivity contribution in [3.8, 4) is 0 Å². The van der Waals surface area contributed by atoms with Crippen LogP contribution in [0.1, 0.15) is 155 Å². The molecule has 48 heavy (non-hydrogen) atoms. The molecule has 0 heterocycles. The third-order valence-corrected chi connectivity index (χ3v) is 8.73. The zero-order valence-electron chi connectivity index (χ0n) is 30.4. The second-order valence-corrected chi connectivity index (χ2v) is 14.0. The zero-order valence-corrected chi connectivity index (χ0v) is 31.3. The molecule has 0 aliphatic rings. The van der Waals surface area contributed by atoms with Crippen LogP contribution in [0.5, 0.6) is 0 Å². The van der Waals surface area contributed by atoms with Gasteiger partial charge in [0.25, 0.3) is 0 Å². The lowest BCUT2D eigenvalue weighted by Crippen LogP contribution is -2.29. The number of allylic oxidation sites excluding steroid dienone is 6. The summed E-state index contributed by atoms with van der Waals surface area (Å²) in [4.78, 5) is 22.4. The first-order valence-electron chi connectivity index (χ1n) is 19.0. The van der Waals surface area contributed by atoms with E-state index >= 15 is 0 Å². The minimum absolute atomic E-state index is 0.0388. The first-order chi connectivity index (χ1) is 23.3. The summed E-state index contributed by atoms with van der Waals surface area (Å²) >= 11 is 0. The Kier molecular flexibility index (Phi) is 34.5. The number of carbonyl (C=O) groups is 1. The van der Waals surface area contributed by atoms with E-state index in [1.807, 2.05) is 0 Å². The third-order valence-electron chi connectivity index (χ3n) is 7.78. The number of esters is 1. The summed E-state index contributed by atoms with van der Waals surface area (Å²) in [5, 5.41) is 18.3. The van der Waals surface area contributed by atoms with Gasteiger partial charge in [-0.15, -0.1) is 0 Å². The molecule has 0 aromatic heterocycles. The monoisotopic (exact) mass is 702 g/mol. The summed E-state index contributed by atoms with van der Waals surface area (Å²) in [6.45, 7) is 3.39. The maximum Gasteiger partial charge on any atom is 0.472 e. The van der Waals surface area contributed by atoms with E-state index in [0.717, 1.165) is 70.6 Å². The Labute approximate surface area is 293 Å². The van der Waals surface area contributed by atoms with Crippen molar-refractivity contribution in [1.82, 2.24) is 0 Å². The minimum Gasteiger partial charge on any atom is -0.457 e. The number of unbranched alkanes of at least 4 members (excludes halogenated alkanes) is 16. The number of hydrogen-bond donors (Lipinski definition) is 3. The fourth-order valence-electron chi connectivity index (χ4n) is 4.86. The molecule has 0 saturated carbocycles. The number of rotatable bonds is 36. The van der Waals surface area contributed by atoms with Gasteiger partial charge >= 0.3 is 13.8 Å².